The molecule has 0 amide bonds. The number of hydrogen-bond acceptors (Lipinski definition) is 2. The van der Waals surface area contributed by atoms with Crippen molar-refractivity contribution in [3.63, 3.8) is 0 Å². The Hall–Kier alpha value is -2.45. The summed E-state index contributed by atoms with van der Waals surface area (Å²) < 4.78 is 0. The molecule has 0 saturated carbocycles. The van der Waals surface area contributed by atoms with Gasteiger partial charge in [-0.2, -0.15) is 0 Å². The molecule has 2 aromatic carbocycles. The van der Waals surface area contributed by atoms with Gasteiger partial charge >= 0.3 is 0 Å². The largest absolute Gasteiger partial charge is 0.323 e. The van der Waals surface area contributed by atoms with Crippen LogP contribution in [0.25, 0.3) is 17.2 Å². The number of aldehydes is 1. The SMILES string of the molecule is C=C(C)C=O.CC.CCC.CCCc1ccc(-c2ccc(/C=C(\C)C(C)CCC(C)CC)c(C)c2)cc1.CNC. The fourth-order valence-corrected chi connectivity index (χ4v) is 3.52. The van der Waals surface area contributed by atoms with Crippen LogP contribution in [0.3, 0.4) is 0 Å². The lowest BCUT2D eigenvalue weighted by Gasteiger charge is -2.16. The van der Waals surface area contributed by atoms with E-state index in [9.17, 15) is 4.79 Å². The highest BCUT2D eigenvalue weighted by Crippen LogP contribution is 2.27. The maximum atomic E-state index is 9.41. The maximum absolute atomic E-state index is 9.41. The maximum Gasteiger partial charge on any atom is 0.145 e. The Labute approximate surface area is 250 Å². The molecule has 2 nitrogen and oxygen atoms in total. The normalized spacial score (nSPS) is 11.5. The Balaban J connectivity index is -0.000000889. The molecule has 1 N–H and O–H groups in total. The van der Waals surface area contributed by atoms with E-state index in [1.54, 1.807) is 6.92 Å². The predicted octanol–water partition coefficient (Wildman–Crippen LogP) is 11.5. The predicted molar refractivity (Wildman–Crippen MR) is 185 cm³/mol. The monoisotopic (exact) mass is 552 g/mol. The average molecular weight is 552 g/mol. The minimum Gasteiger partial charge on any atom is -0.323 e. The van der Waals surface area contributed by atoms with Crippen molar-refractivity contribution < 1.29 is 4.79 Å². The van der Waals surface area contributed by atoms with Gasteiger partial charge < -0.3 is 5.32 Å². The third-order valence-corrected chi connectivity index (χ3v) is 6.25. The molecule has 2 unspecified atom stereocenters. The minimum absolute atomic E-state index is 0.574. The molecule has 0 aliphatic heterocycles. The van der Waals surface area contributed by atoms with Gasteiger partial charge in [-0.25, -0.2) is 0 Å². The second kappa shape index (κ2) is 28.1. The van der Waals surface area contributed by atoms with Gasteiger partial charge in [-0.1, -0.05) is 142 Å². The first kappa shape index (κ1) is 42.0. The van der Waals surface area contributed by atoms with E-state index in [1.165, 1.54) is 65.5 Å². The van der Waals surface area contributed by atoms with Crippen molar-refractivity contribution in [2.24, 2.45) is 11.8 Å². The molecule has 2 aromatic rings. The first-order valence-electron chi connectivity index (χ1n) is 15.6. The summed E-state index contributed by atoms with van der Waals surface area (Å²) >= 11 is 0. The smallest absolute Gasteiger partial charge is 0.145 e. The Bertz CT molecular complexity index is 906. The van der Waals surface area contributed by atoms with Crippen molar-refractivity contribution in [1.29, 1.82) is 0 Å². The lowest BCUT2D eigenvalue weighted by atomic mass is 9.90. The molecule has 0 radical (unpaired) electrons. The van der Waals surface area contributed by atoms with Crippen LogP contribution in [0.5, 0.6) is 0 Å². The van der Waals surface area contributed by atoms with Crippen LogP contribution in [-0.2, 0) is 11.2 Å². The third kappa shape index (κ3) is 21.4. The Morgan fingerprint density at radius 3 is 1.77 bits per heavy atom. The molecule has 0 spiro atoms. The van der Waals surface area contributed by atoms with Gasteiger partial charge in [0.25, 0.3) is 0 Å². The molecule has 228 valence electrons. The zero-order valence-corrected chi connectivity index (χ0v) is 28.7. The molecule has 0 aliphatic carbocycles. The van der Waals surface area contributed by atoms with Gasteiger partial charge in [0.05, 0.1) is 0 Å². The summed E-state index contributed by atoms with van der Waals surface area (Å²) in [4.78, 5) is 9.41. The first-order chi connectivity index (χ1) is 19.0. The first-order valence-corrected chi connectivity index (χ1v) is 15.6. The second-order valence-electron chi connectivity index (χ2n) is 10.6. The fraction of sp³-hybridized carbons (Fsp3) is 0.553. The van der Waals surface area contributed by atoms with Crippen LogP contribution in [0.15, 0.2) is 60.2 Å². The number of carbonyl (C=O) groups excluding carboxylic acids is 1. The second-order valence-corrected chi connectivity index (χ2v) is 10.6. The Morgan fingerprint density at radius 2 is 1.38 bits per heavy atom. The van der Waals surface area contributed by atoms with E-state index in [2.05, 4.69) is 116 Å². The lowest BCUT2D eigenvalue weighted by molar-refractivity contribution is -0.104. The van der Waals surface area contributed by atoms with Gasteiger partial charge in [-0.05, 0) is 92.9 Å². The number of allylic oxidation sites excluding steroid dienone is 2. The standard InChI is InChI=1S/C27H38.C4H6O.C3H8.C2H7N.C2H6/c1-7-9-24-12-14-25(15-13-24)27-17-16-26(23(6)19-27)18-22(5)21(4)11-10-20(3)8-2;1-4(2)3-5;2*1-3-2;1-2/h12-21H,7-11H2,1-6H3;3H,1H2,2H3;3H2,1-2H3;3H,1-2H3;1-2H3/b22-18+;;;;. The summed E-state index contributed by atoms with van der Waals surface area (Å²) in [5.41, 5.74) is 8.85. The molecule has 2 rings (SSSR count). The fourth-order valence-electron chi connectivity index (χ4n) is 3.52. The summed E-state index contributed by atoms with van der Waals surface area (Å²) in [6.45, 7) is 27.0. The highest BCUT2D eigenvalue weighted by molar-refractivity contribution is 5.70. The zero-order valence-electron chi connectivity index (χ0n) is 28.7. The van der Waals surface area contributed by atoms with E-state index in [4.69, 9.17) is 0 Å². The van der Waals surface area contributed by atoms with Crippen LogP contribution < -0.4 is 5.32 Å². The summed E-state index contributed by atoms with van der Waals surface area (Å²) in [6, 6.07) is 15.9. The number of carbonyl (C=O) groups is 1. The highest BCUT2D eigenvalue weighted by Gasteiger charge is 2.08. The molecule has 0 aromatic heterocycles. The van der Waals surface area contributed by atoms with Crippen LogP contribution in [0.1, 0.15) is 118 Å². The molecule has 40 heavy (non-hydrogen) atoms. The molecule has 2 atom stereocenters. The summed E-state index contributed by atoms with van der Waals surface area (Å²) in [5, 5.41) is 2.75. The number of aryl methyl sites for hydroxylation is 2. The van der Waals surface area contributed by atoms with E-state index >= 15 is 0 Å². The number of hydrogen-bond donors (Lipinski definition) is 1. The van der Waals surface area contributed by atoms with Crippen molar-refractivity contribution in [3.05, 3.63) is 76.9 Å². The summed E-state index contributed by atoms with van der Waals surface area (Å²) in [5.74, 6) is 1.49. The van der Waals surface area contributed by atoms with Gasteiger partial charge in [0.2, 0.25) is 0 Å². The van der Waals surface area contributed by atoms with Crippen LogP contribution >= 0.6 is 0 Å². The third-order valence-electron chi connectivity index (χ3n) is 6.25. The van der Waals surface area contributed by atoms with Crippen LogP contribution in [0, 0.1) is 18.8 Å². The molecule has 0 aliphatic rings. The Morgan fingerprint density at radius 1 is 0.900 bits per heavy atom. The summed E-state index contributed by atoms with van der Waals surface area (Å²) in [6.07, 6.45) is 10.6. The van der Waals surface area contributed by atoms with Crippen molar-refractivity contribution in [1.82, 2.24) is 5.32 Å². The summed E-state index contributed by atoms with van der Waals surface area (Å²) in [7, 11) is 3.75. The van der Waals surface area contributed by atoms with Gasteiger partial charge in [-0.15, -0.1) is 0 Å². The van der Waals surface area contributed by atoms with Crippen LogP contribution in [0.2, 0.25) is 0 Å². The van der Waals surface area contributed by atoms with Crippen LogP contribution in [-0.4, -0.2) is 20.4 Å². The van der Waals surface area contributed by atoms with Gasteiger partial charge in [0.1, 0.15) is 6.29 Å². The van der Waals surface area contributed by atoms with Crippen molar-refractivity contribution in [3.8, 4) is 11.1 Å². The molecular weight excluding hydrogens is 486 g/mol. The molecule has 0 fully saturated rings. The average Bonchev–Trinajstić information content (AvgIpc) is 2.95. The minimum atomic E-state index is 0.574. The van der Waals surface area contributed by atoms with Gasteiger partial charge in [0.15, 0.2) is 0 Å². The zero-order chi connectivity index (χ0) is 31.5. The number of nitrogens with one attached hydrogen (secondary N) is 1. The van der Waals surface area contributed by atoms with Crippen molar-refractivity contribution >= 4 is 12.4 Å². The molecule has 2 heteroatoms. The topological polar surface area (TPSA) is 29.1 Å². The van der Waals surface area contributed by atoms with Gasteiger partial charge in [0, 0.05) is 0 Å². The van der Waals surface area contributed by atoms with Crippen LogP contribution in [0.4, 0.5) is 0 Å². The van der Waals surface area contributed by atoms with E-state index in [1.807, 2.05) is 27.9 Å². The number of rotatable bonds is 10. The van der Waals surface area contributed by atoms with Crippen molar-refractivity contribution in [2.45, 2.75) is 115 Å². The van der Waals surface area contributed by atoms with E-state index in [0.29, 0.717) is 11.5 Å². The Kier molecular flexibility index (Phi) is 29.5. The lowest BCUT2D eigenvalue weighted by Crippen LogP contribution is -2.01. The quantitative estimate of drug-likeness (QED) is 0.235. The molecule has 0 bridgehead atoms. The van der Waals surface area contributed by atoms with E-state index in [-0.39, 0.29) is 0 Å². The number of benzene rings is 2. The molecule has 0 saturated heterocycles. The molecule has 0 heterocycles. The van der Waals surface area contributed by atoms with Gasteiger partial charge in [-0.3, -0.25) is 4.79 Å². The van der Waals surface area contributed by atoms with E-state index in [0.717, 1.165) is 18.6 Å². The van der Waals surface area contributed by atoms with E-state index < -0.39 is 0 Å². The molecular formula is C38H65NO. The van der Waals surface area contributed by atoms with Crippen molar-refractivity contribution in [2.75, 3.05) is 14.1 Å². The highest BCUT2D eigenvalue weighted by atomic mass is 16.1.